The van der Waals surface area contributed by atoms with Crippen molar-refractivity contribution in [2.24, 2.45) is 0 Å². The molecule has 0 radical (unpaired) electrons. The maximum atomic E-state index is 13.1. The van der Waals surface area contributed by atoms with E-state index in [1.807, 2.05) is 30.5 Å². The minimum atomic E-state index is -1.20. The number of halogens is 1. The van der Waals surface area contributed by atoms with Crippen molar-refractivity contribution >= 4 is 34.4 Å². The van der Waals surface area contributed by atoms with Crippen LogP contribution in [0.4, 0.5) is 0 Å². The maximum absolute atomic E-state index is 13.1. The summed E-state index contributed by atoms with van der Waals surface area (Å²) in [6.07, 6.45) is 2.52. The molecule has 0 aliphatic rings. The number of H-pyrrole nitrogens is 1. The molecular weight excluding hydrogens is 456 g/mol. The zero-order valence-electron chi connectivity index (χ0n) is 18.2. The van der Waals surface area contributed by atoms with Crippen molar-refractivity contribution in [3.8, 4) is 11.5 Å². The number of fused-ring (bicyclic) bond motifs is 1. The molecule has 0 atom stereocenters. The molecule has 1 heterocycles. The second-order valence-corrected chi connectivity index (χ2v) is 8.22. The normalized spacial score (nSPS) is 10.9. The summed E-state index contributed by atoms with van der Waals surface area (Å²) in [5.41, 5.74) is 2.57. The largest absolute Gasteiger partial charge is 0.508 e. The molecule has 3 N–H and O–H groups in total. The van der Waals surface area contributed by atoms with Crippen LogP contribution in [-0.4, -0.2) is 45.1 Å². The Morgan fingerprint density at radius 1 is 1.00 bits per heavy atom. The molecule has 0 saturated carbocycles. The Balaban J connectivity index is 1.52. The molecule has 0 fully saturated rings. The number of carbonyl (C=O) groups is 2. The van der Waals surface area contributed by atoms with E-state index in [0.717, 1.165) is 16.5 Å². The summed E-state index contributed by atoms with van der Waals surface area (Å²) in [6, 6.07) is 19.0. The summed E-state index contributed by atoms with van der Waals surface area (Å²) in [5, 5.41) is 21.0. The molecule has 1 aromatic heterocycles. The number of ether oxygens (including phenoxy) is 1. The third kappa shape index (κ3) is 5.32. The number of nitrogens with zero attached hydrogens (tertiary/aromatic N) is 1. The van der Waals surface area contributed by atoms with Gasteiger partial charge in [0, 0.05) is 40.8 Å². The molecule has 0 spiro atoms. The van der Waals surface area contributed by atoms with Gasteiger partial charge in [-0.3, -0.25) is 4.79 Å². The second kappa shape index (κ2) is 10.3. The van der Waals surface area contributed by atoms with Gasteiger partial charge >= 0.3 is 5.97 Å². The number of carbonyl (C=O) groups excluding carboxylic acids is 1. The van der Waals surface area contributed by atoms with Gasteiger partial charge in [0.2, 0.25) is 0 Å². The highest BCUT2D eigenvalue weighted by Crippen LogP contribution is 2.24. The number of carboxylic acids is 1. The van der Waals surface area contributed by atoms with Crippen LogP contribution >= 0.6 is 11.6 Å². The summed E-state index contributed by atoms with van der Waals surface area (Å²) in [7, 11) is 0. The molecule has 0 aliphatic heterocycles. The predicted octanol–water partition coefficient (Wildman–Crippen LogP) is 4.88. The van der Waals surface area contributed by atoms with Crippen LogP contribution in [0.3, 0.4) is 0 Å². The van der Waals surface area contributed by atoms with Crippen molar-refractivity contribution in [2.75, 3.05) is 13.2 Å². The number of aromatic amines is 1. The number of hydrogen-bond donors (Lipinski definition) is 3. The summed E-state index contributed by atoms with van der Waals surface area (Å²) >= 11 is 5.89. The van der Waals surface area contributed by atoms with Gasteiger partial charge in [-0.15, -0.1) is 0 Å². The molecule has 7 nitrogen and oxygen atoms in total. The van der Waals surface area contributed by atoms with Gasteiger partial charge in [0.1, 0.15) is 17.1 Å². The van der Waals surface area contributed by atoms with E-state index < -0.39 is 5.97 Å². The summed E-state index contributed by atoms with van der Waals surface area (Å²) in [5.74, 6) is -1.38. The highest BCUT2D eigenvalue weighted by molar-refractivity contribution is 6.31. The quantitative estimate of drug-likeness (QED) is 0.318. The number of rotatable bonds is 9. The van der Waals surface area contributed by atoms with Gasteiger partial charge in [0.25, 0.3) is 5.91 Å². The van der Waals surface area contributed by atoms with Gasteiger partial charge in [0.05, 0.1) is 0 Å². The molecule has 3 aromatic carbocycles. The molecular formula is C26H23ClN2O5. The third-order valence-electron chi connectivity index (χ3n) is 5.55. The molecule has 0 unspecified atom stereocenters. The van der Waals surface area contributed by atoms with Crippen molar-refractivity contribution < 1.29 is 24.5 Å². The van der Waals surface area contributed by atoms with E-state index in [4.69, 9.17) is 16.3 Å². The van der Waals surface area contributed by atoms with Gasteiger partial charge in [-0.05, 0) is 42.3 Å². The van der Waals surface area contributed by atoms with Gasteiger partial charge in [0.15, 0.2) is 6.61 Å². The van der Waals surface area contributed by atoms with Gasteiger partial charge < -0.3 is 24.8 Å². The fraction of sp³-hybridized carbons (Fsp3) is 0.154. The molecule has 0 aliphatic carbocycles. The van der Waals surface area contributed by atoms with E-state index in [0.29, 0.717) is 18.5 Å². The van der Waals surface area contributed by atoms with Crippen LogP contribution in [0, 0.1) is 0 Å². The first kappa shape index (κ1) is 23.2. The molecule has 0 bridgehead atoms. The Morgan fingerprint density at radius 2 is 1.76 bits per heavy atom. The topological polar surface area (TPSA) is 103 Å². The first-order chi connectivity index (χ1) is 16.4. The Hall–Kier alpha value is -3.97. The van der Waals surface area contributed by atoms with Crippen molar-refractivity contribution in [1.29, 1.82) is 0 Å². The molecule has 1 amide bonds. The average molecular weight is 479 g/mol. The van der Waals surface area contributed by atoms with Crippen molar-refractivity contribution in [3.05, 3.63) is 94.6 Å². The highest BCUT2D eigenvalue weighted by atomic mass is 35.5. The van der Waals surface area contributed by atoms with Crippen LogP contribution in [0.5, 0.6) is 11.5 Å². The highest BCUT2D eigenvalue weighted by Gasteiger charge is 2.19. The van der Waals surface area contributed by atoms with Gasteiger partial charge in [-0.1, -0.05) is 48.0 Å². The SMILES string of the molecule is O=C(O)c1cc(Cl)ccc1OCC(=O)N(CCc1c[nH]c2ccccc12)Cc1ccccc1O. The lowest BCUT2D eigenvalue weighted by atomic mass is 10.1. The molecule has 0 saturated heterocycles. The number of para-hydroxylation sites is 2. The zero-order valence-corrected chi connectivity index (χ0v) is 19.0. The van der Waals surface area contributed by atoms with Crippen LogP contribution < -0.4 is 4.74 Å². The summed E-state index contributed by atoms with van der Waals surface area (Å²) < 4.78 is 5.57. The molecule has 8 heteroatoms. The molecule has 174 valence electrons. The minimum absolute atomic E-state index is 0.0596. The first-order valence-electron chi connectivity index (χ1n) is 10.7. The zero-order chi connectivity index (χ0) is 24.1. The van der Waals surface area contributed by atoms with Crippen molar-refractivity contribution in [3.63, 3.8) is 0 Å². The van der Waals surface area contributed by atoms with Gasteiger partial charge in [-0.2, -0.15) is 0 Å². The first-order valence-corrected chi connectivity index (χ1v) is 11.1. The number of aromatic carboxylic acids is 1. The number of amides is 1. The van der Waals surface area contributed by atoms with Crippen molar-refractivity contribution in [1.82, 2.24) is 9.88 Å². The molecule has 4 rings (SSSR count). The van der Waals surface area contributed by atoms with E-state index in [2.05, 4.69) is 4.98 Å². The standard InChI is InChI=1S/C26H23ClN2O5/c27-19-9-10-24(21(13-19)26(32)33)34-16-25(31)29(15-18-5-1-4-8-23(18)30)12-11-17-14-28-22-7-3-2-6-20(17)22/h1-10,13-14,28,30H,11-12,15-16H2,(H,32,33). The average Bonchev–Trinajstić information content (AvgIpc) is 3.25. The fourth-order valence-electron chi connectivity index (χ4n) is 3.76. The van der Waals surface area contributed by atoms with Crippen LogP contribution in [0.1, 0.15) is 21.5 Å². The maximum Gasteiger partial charge on any atom is 0.339 e. The predicted molar refractivity (Wildman–Crippen MR) is 129 cm³/mol. The molecule has 4 aromatic rings. The van der Waals surface area contributed by atoms with E-state index in [1.165, 1.54) is 18.2 Å². The lowest BCUT2D eigenvalue weighted by molar-refractivity contribution is -0.134. The minimum Gasteiger partial charge on any atom is -0.508 e. The number of aromatic hydroxyl groups is 1. The summed E-state index contributed by atoms with van der Waals surface area (Å²) in [4.78, 5) is 29.5. The Kier molecular flexibility index (Phi) is 7.04. The number of hydrogen-bond acceptors (Lipinski definition) is 4. The molecule has 34 heavy (non-hydrogen) atoms. The van der Waals surface area contributed by atoms with E-state index in [-0.39, 0.29) is 41.1 Å². The van der Waals surface area contributed by atoms with Crippen LogP contribution in [0.25, 0.3) is 10.9 Å². The lowest BCUT2D eigenvalue weighted by Gasteiger charge is -2.23. The van der Waals surface area contributed by atoms with Crippen LogP contribution in [0.2, 0.25) is 5.02 Å². The van der Waals surface area contributed by atoms with E-state index >= 15 is 0 Å². The lowest BCUT2D eigenvalue weighted by Crippen LogP contribution is -2.36. The van der Waals surface area contributed by atoms with Gasteiger partial charge in [-0.25, -0.2) is 4.79 Å². The summed E-state index contributed by atoms with van der Waals surface area (Å²) in [6.45, 7) is 0.206. The van der Waals surface area contributed by atoms with Crippen LogP contribution in [0.15, 0.2) is 72.9 Å². The number of nitrogens with one attached hydrogen (secondary N) is 1. The third-order valence-corrected chi connectivity index (χ3v) is 5.79. The monoisotopic (exact) mass is 478 g/mol. The van der Waals surface area contributed by atoms with Crippen LogP contribution in [-0.2, 0) is 17.8 Å². The number of carboxylic acid groups (broad SMARTS) is 1. The fourth-order valence-corrected chi connectivity index (χ4v) is 3.93. The Morgan fingerprint density at radius 3 is 2.56 bits per heavy atom. The number of phenols is 1. The number of phenolic OH excluding ortho intramolecular Hbond substituents is 1. The van der Waals surface area contributed by atoms with Crippen molar-refractivity contribution in [2.45, 2.75) is 13.0 Å². The Bertz CT molecular complexity index is 1330. The number of benzene rings is 3. The van der Waals surface area contributed by atoms with E-state index in [9.17, 15) is 19.8 Å². The van der Waals surface area contributed by atoms with E-state index in [1.54, 1.807) is 29.2 Å². The second-order valence-electron chi connectivity index (χ2n) is 7.79. The number of aromatic nitrogens is 1. The smallest absolute Gasteiger partial charge is 0.339 e. The Labute approximate surface area is 201 Å².